The van der Waals surface area contributed by atoms with Gasteiger partial charge in [0.2, 0.25) is 0 Å². The number of Topliss-reactive ketones (excluding diaryl/α,β-unsaturated/α-hetero) is 1. The number of hydrogen-bond acceptors (Lipinski definition) is 2. The highest BCUT2D eigenvalue weighted by Gasteiger charge is 2.26. The fourth-order valence-corrected chi connectivity index (χ4v) is 2.08. The lowest BCUT2D eigenvalue weighted by atomic mass is 10.1. The smallest absolute Gasteiger partial charge is 0.161 e. The van der Waals surface area contributed by atoms with Gasteiger partial charge in [0.25, 0.3) is 0 Å². The zero-order valence-corrected chi connectivity index (χ0v) is 8.19. The number of nitrogens with one attached hydrogen (secondary N) is 1. The standard InChI is InChI=1S/C12H11NO2/c14-8-5-12(15-7-8)10-6-13-11-4-2-1-3-9(10)11/h1-4,6,12-13H,5,7H2. The second kappa shape index (κ2) is 3.21. The maximum Gasteiger partial charge on any atom is 0.161 e. The van der Waals surface area contributed by atoms with Gasteiger partial charge in [-0.15, -0.1) is 0 Å². The van der Waals surface area contributed by atoms with Crippen LogP contribution in [0.3, 0.4) is 0 Å². The predicted molar refractivity (Wildman–Crippen MR) is 56.6 cm³/mol. The molecule has 1 N–H and O–H groups in total. The summed E-state index contributed by atoms with van der Waals surface area (Å²) in [4.78, 5) is 14.3. The number of carbonyl (C=O) groups is 1. The number of carbonyl (C=O) groups excluding carboxylic acids is 1. The first-order valence-electron chi connectivity index (χ1n) is 5.04. The predicted octanol–water partition coefficient (Wildman–Crippen LogP) is 2.20. The molecule has 1 aliphatic heterocycles. The number of aromatic nitrogens is 1. The highest BCUT2D eigenvalue weighted by Crippen LogP contribution is 2.31. The number of para-hydroxylation sites is 1. The maximum atomic E-state index is 11.1. The lowest BCUT2D eigenvalue weighted by molar-refractivity contribution is -0.117. The number of ether oxygens (including phenoxy) is 1. The molecule has 2 heterocycles. The molecule has 1 aromatic heterocycles. The van der Waals surface area contributed by atoms with Crippen molar-refractivity contribution in [3.8, 4) is 0 Å². The number of benzene rings is 1. The lowest BCUT2D eigenvalue weighted by Crippen LogP contribution is -1.93. The van der Waals surface area contributed by atoms with Crippen LogP contribution < -0.4 is 0 Å². The molecule has 1 aliphatic rings. The Morgan fingerprint density at radius 3 is 3.00 bits per heavy atom. The van der Waals surface area contributed by atoms with Crippen molar-refractivity contribution in [3.05, 3.63) is 36.0 Å². The molecule has 1 aromatic carbocycles. The summed E-state index contributed by atoms with van der Waals surface area (Å²) in [6, 6.07) is 8.06. The van der Waals surface area contributed by atoms with Crippen LogP contribution in [0.25, 0.3) is 10.9 Å². The van der Waals surface area contributed by atoms with Gasteiger partial charge in [-0.25, -0.2) is 0 Å². The molecule has 0 spiro atoms. The SMILES string of the molecule is O=C1COC(c2c[nH]c3ccccc23)C1. The van der Waals surface area contributed by atoms with Crippen molar-refractivity contribution in [2.45, 2.75) is 12.5 Å². The molecule has 0 amide bonds. The first-order chi connectivity index (χ1) is 7.34. The number of H-pyrrole nitrogens is 1. The molecular formula is C12H11NO2. The van der Waals surface area contributed by atoms with E-state index in [0.29, 0.717) is 6.42 Å². The van der Waals surface area contributed by atoms with Gasteiger partial charge in [0.1, 0.15) is 6.61 Å². The van der Waals surface area contributed by atoms with Crippen molar-refractivity contribution in [2.24, 2.45) is 0 Å². The summed E-state index contributed by atoms with van der Waals surface area (Å²) < 4.78 is 5.45. The largest absolute Gasteiger partial charge is 0.365 e. The van der Waals surface area contributed by atoms with E-state index in [2.05, 4.69) is 4.98 Å². The monoisotopic (exact) mass is 201 g/mol. The van der Waals surface area contributed by atoms with Crippen molar-refractivity contribution < 1.29 is 9.53 Å². The van der Waals surface area contributed by atoms with Crippen molar-refractivity contribution in [3.63, 3.8) is 0 Å². The van der Waals surface area contributed by atoms with E-state index in [1.54, 1.807) is 0 Å². The minimum absolute atomic E-state index is 0.0614. The Morgan fingerprint density at radius 1 is 1.33 bits per heavy atom. The summed E-state index contributed by atoms with van der Waals surface area (Å²) in [6.45, 7) is 0.254. The average Bonchev–Trinajstić information content (AvgIpc) is 2.83. The number of fused-ring (bicyclic) bond motifs is 1. The number of aromatic amines is 1. The van der Waals surface area contributed by atoms with Gasteiger partial charge in [0, 0.05) is 29.1 Å². The summed E-state index contributed by atoms with van der Waals surface area (Å²) in [7, 11) is 0. The number of ketones is 1. The van der Waals surface area contributed by atoms with E-state index in [1.807, 2.05) is 30.5 Å². The van der Waals surface area contributed by atoms with Crippen LogP contribution in [0.1, 0.15) is 18.1 Å². The summed E-state index contributed by atoms with van der Waals surface area (Å²) in [5.41, 5.74) is 2.19. The van der Waals surface area contributed by atoms with Gasteiger partial charge < -0.3 is 9.72 Å². The molecule has 3 nitrogen and oxygen atoms in total. The highest BCUT2D eigenvalue weighted by molar-refractivity contribution is 5.86. The van der Waals surface area contributed by atoms with Crippen LogP contribution in [0.2, 0.25) is 0 Å². The van der Waals surface area contributed by atoms with Crippen LogP contribution in [0.15, 0.2) is 30.5 Å². The van der Waals surface area contributed by atoms with E-state index in [4.69, 9.17) is 4.74 Å². The van der Waals surface area contributed by atoms with Crippen molar-refractivity contribution in [1.29, 1.82) is 0 Å². The fourth-order valence-electron chi connectivity index (χ4n) is 2.08. The zero-order chi connectivity index (χ0) is 10.3. The first kappa shape index (κ1) is 8.68. The second-order valence-corrected chi connectivity index (χ2v) is 3.83. The molecule has 15 heavy (non-hydrogen) atoms. The quantitative estimate of drug-likeness (QED) is 0.768. The van der Waals surface area contributed by atoms with Gasteiger partial charge in [-0.05, 0) is 6.07 Å². The molecule has 0 radical (unpaired) electrons. The topological polar surface area (TPSA) is 42.1 Å². The minimum Gasteiger partial charge on any atom is -0.365 e. The minimum atomic E-state index is -0.0614. The second-order valence-electron chi connectivity index (χ2n) is 3.83. The Morgan fingerprint density at radius 2 is 2.20 bits per heavy atom. The summed E-state index contributed by atoms with van der Waals surface area (Å²) in [5, 5.41) is 1.15. The maximum absolute atomic E-state index is 11.1. The molecule has 1 fully saturated rings. The Hall–Kier alpha value is -1.61. The van der Waals surface area contributed by atoms with E-state index in [9.17, 15) is 4.79 Å². The Labute approximate surface area is 87.1 Å². The molecule has 0 saturated carbocycles. The fraction of sp³-hybridized carbons (Fsp3) is 0.250. The van der Waals surface area contributed by atoms with Crippen LogP contribution in [-0.2, 0) is 9.53 Å². The highest BCUT2D eigenvalue weighted by atomic mass is 16.5. The Bertz CT molecular complexity index is 515. The Balaban J connectivity index is 2.07. The summed E-state index contributed by atoms with van der Waals surface area (Å²) in [6.07, 6.45) is 2.38. The van der Waals surface area contributed by atoms with Crippen LogP contribution in [0.5, 0.6) is 0 Å². The van der Waals surface area contributed by atoms with Gasteiger partial charge in [-0.1, -0.05) is 18.2 Å². The van der Waals surface area contributed by atoms with Crippen molar-refractivity contribution in [1.82, 2.24) is 4.98 Å². The molecule has 1 atom stereocenters. The first-order valence-corrected chi connectivity index (χ1v) is 5.04. The molecule has 1 unspecified atom stereocenters. The molecule has 0 aliphatic carbocycles. The van der Waals surface area contributed by atoms with Crippen LogP contribution in [0, 0.1) is 0 Å². The number of hydrogen-bond donors (Lipinski definition) is 1. The molecule has 2 aromatic rings. The van der Waals surface area contributed by atoms with Crippen molar-refractivity contribution >= 4 is 16.7 Å². The molecular weight excluding hydrogens is 190 g/mol. The van der Waals surface area contributed by atoms with E-state index < -0.39 is 0 Å². The third-order valence-corrected chi connectivity index (χ3v) is 2.83. The van der Waals surface area contributed by atoms with E-state index in [1.165, 1.54) is 0 Å². The Kier molecular flexibility index (Phi) is 1.86. The molecule has 3 rings (SSSR count). The summed E-state index contributed by atoms with van der Waals surface area (Å²) in [5.74, 6) is 0.185. The van der Waals surface area contributed by atoms with Gasteiger partial charge in [0.15, 0.2) is 5.78 Å². The van der Waals surface area contributed by atoms with Crippen LogP contribution >= 0.6 is 0 Å². The van der Waals surface area contributed by atoms with Crippen LogP contribution in [0.4, 0.5) is 0 Å². The molecule has 0 bridgehead atoms. The van der Waals surface area contributed by atoms with Gasteiger partial charge in [-0.2, -0.15) is 0 Å². The van der Waals surface area contributed by atoms with E-state index >= 15 is 0 Å². The molecule has 3 heteroatoms. The third-order valence-electron chi connectivity index (χ3n) is 2.83. The van der Waals surface area contributed by atoms with E-state index in [0.717, 1.165) is 16.5 Å². The number of rotatable bonds is 1. The van der Waals surface area contributed by atoms with E-state index in [-0.39, 0.29) is 18.5 Å². The molecule has 76 valence electrons. The molecule has 1 saturated heterocycles. The van der Waals surface area contributed by atoms with Crippen LogP contribution in [-0.4, -0.2) is 17.4 Å². The normalized spacial score (nSPS) is 21.3. The van der Waals surface area contributed by atoms with Gasteiger partial charge in [0.05, 0.1) is 6.10 Å². The van der Waals surface area contributed by atoms with Gasteiger partial charge >= 0.3 is 0 Å². The lowest BCUT2D eigenvalue weighted by Gasteiger charge is -2.06. The van der Waals surface area contributed by atoms with Gasteiger partial charge in [-0.3, -0.25) is 4.79 Å². The average molecular weight is 201 g/mol. The van der Waals surface area contributed by atoms with Crippen molar-refractivity contribution in [2.75, 3.05) is 6.61 Å². The summed E-state index contributed by atoms with van der Waals surface area (Å²) >= 11 is 0. The third kappa shape index (κ3) is 1.36. The zero-order valence-electron chi connectivity index (χ0n) is 8.19.